The normalized spacial score (nSPS) is 11.1. The molecule has 0 saturated heterocycles. The van der Waals surface area contributed by atoms with Gasteiger partial charge in [-0.25, -0.2) is 13.6 Å². The molecule has 0 unspecified atom stereocenters. The van der Waals surface area contributed by atoms with Gasteiger partial charge in [0, 0.05) is 10.9 Å². The van der Waals surface area contributed by atoms with Gasteiger partial charge in [-0.15, -0.1) is 0 Å². The molecule has 96 valence electrons. The minimum absolute atomic E-state index is 0.108. The van der Waals surface area contributed by atoms with Crippen LogP contribution in [-0.2, 0) is 6.42 Å². The molecule has 6 heteroatoms. The van der Waals surface area contributed by atoms with E-state index in [2.05, 4.69) is 4.98 Å². The molecule has 1 aromatic heterocycles. The van der Waals surface area contributed by atoms with Crippen LogP contribution in [0.1, 0.15) is 21.6 Å². The van der Waals surface area contributed by atoms with Crippen molar-refractivity contribution in [3.05, 3.63) is 34.5 Å². The second-order valence-electron chi connectivity index (χ2n) is 4.04. The zero-order chi connectivity index (χ0) is 13.4. The fourth-order valence-corrected chi connectivity index (χ4v) is 2.02. The lowest BCUT2D eigenvalue weighted by molar-refractivity contribution is 0.0690. The van der Waals surface area contributed by atoms with E-state index < -0.39 is 17.6 Å². The zero-order valence-corrected chi connectivity index (χ0v) is 9.68. The molecular formula is C12H12F2N2O2. The number of H-pyrrole nitrogens is 1. The molecule has 0 saturated carbocycles. The van der Waals surface area contributed by atoms with E-state index in [1.165, 1.54) is 6.92 Å². The van der Waals surface area contributed by atoms with Gasteiger partial charge in [0.2, 0.25) is 0 Å². The number of aromatic nitrogens is 1. The largest absolute Gasteiger partial charge is 0.477 e. The molecule has 0 spiro atoms. The number of fused-ring (bicyclic) bond motifs is 1. The average molecular weight is 254 g/mol. The number of carboxylic acids is 1. The number of hydrogen-bond donors (Lipinski definition) is 3. The van der Waals surface area contributed by atoms with Crippen molar-refractivity contribution in [2.45, 2.75) is 13.3 Å². The highest BCUT2D eigenvalue weighted by Gasteiger charge is 2.21. The Kier molecular flexibility index (Phi) is 3.04. The molecule has 0 aliphatic heterocycles. The summed E-state index contributed by atoms with van der Waals surface area (Å²) in [6.07, 6.45) is 0.212. The number of nitrogens with one attached hydrogen (secondary N) is 1. The first kappa shape index (κ1) is 12.5. The van der Waals surface area contributed by atoms with Gasteiger partial charge in [-0.05, 0) is 31.5 Å². The van der Waals surface area contributed by atoms with Gasteiger partial charge < -0.3 is 15.8 Å². The van der Waals surface area contributed by atoms with Crippen LogP contribution in [0.4, 0.5) is 8.78 Å². The number of nitrogens with two attached hydrogens (primary N) is 1. The van der Waals surface area contributed by atoms with Crippen LogP contribution in [0.2, 0.25) is 0 Å². The third kappa shape index (κ3) is 1.74. The summed E-state index contributed by atoms with van der Waals surface area (Å²) in [7, 11) is 0. The molecule has 2 rings (SSSR count). The monoisotopic (exact) mass is 254 g/mol. The van der Waals surface area contributed by atoms with Crippen LogP contribution >= 0.6 is 0 Å². The predicted molar refractivity (Wildman–Crippen MR) is 62.7 cm³/mol. The number of carboxylic acid groups (broad SMARTS) is 1. The average Bonchev–Trinajstić information content (AvgIpc) is 2.66. The van der Waals surface area contributed by atoms with Crippen molar-refractivity contribution >= 4 is 16.9 Å². The van der Waals surface area contributed by atoms with Crippen molar-refractivity contribution in [2.24, 2.45) is 5.73 Å². The second kappa shape index (κ2) is 4.38. The second-order valence-corrected chi connectivity index (χ2v) is 4.04. The number of hydrogen-bond acceptors (Lipinski definition) is 2. The van der Waals surface area contributed by atoms with Crippen LogP contribution in [0.15, 0.2) is 6.07 Å². The number of rotatable bonds is 3. The number of benzene rings is 1. The summed E-state index contributed by atoms with van der Waals surface area (Å²) in [6, 6.07) is 1.10. The molecule has 0 bridgehead atoms. The Morgan fingerprint density at radius 1 is 1.50 bits per heavy atom. The van der Waals surface area contributed by atoms with Crippen molar-refractivity contribution in [3.63, 3.8) is 0 Å². The molecule has 0 fully saturated rings. The molecular weight excluding hydrogens is 242 g/mol. The lowest BCUT2D eigenvalue weighted by Crippen LogP contribution is -2.08. The van der Waals surface area contributed by atoms with Crippen LogP contribution in [0, 0.1) is 18.6 Å². The van der Waals surface area contributed by atoms with E-state index in [4.69, 9.17) is 10.8 Å². The van der Waals surface area contributed by atoms with E-state index >= 15 is 0 Å². The van der Waals surface area contributed by atoms with Crippen molar-refractivity contribution in [1.29, 1.82) is 0 Å². The number of halogens is 2. The summed E-state index contributed by atoms with van der Waals surface area (Å²) in [5.41, 5.74) is 5.54. The van der Waals surface area contributed by atoms with Crippen LogP contribution in [0.5, 0.6) is 0 Å². The third-order valence-electron chi connectivity index (χ3n) is 2.92. The van der Waals surface area contributed by atoms with Gasteiger partial charge in [0.05, 0.1) is 5.52 Å². The van der Waals surface area contributed by atoms with Crippen molar-refractivity contribution < 1.29 is 18.7 Å². The molecule has 0 atom stereocenters. The first-order valence-electron chi connectivity index (χ1n) is 5.39. The molecule has 1 heterocycles. The summed E-state index contributed by atoms with van der Waals surface area (Å²) in [6.45, 7) is 1.49. The highest BCUT2D eigenvalue weighted by molar-refractivity contribution is 5.98. The lowest BCUT2D eigenvalue weighted by Gasteiger charge is -2.03. The lowest BCUT2D eigenvalue weighted by atomic mass is 10.0. The van der Waals surface area contributed by atoms with Gasteiger partial charge in [0.15, 0.2) is 0 Å². The molecule has 0 aliphatic carbocycles. The molecule has 1 aromatic carbocycles. The highest BCUT2D eigenvalue weighted by atomic mass is 19.1. The van der Waals surface area contributed by atoms with E-state index in [0.717, 1.165) is 6.07 Å². The quantitative estimate of drug-likeness (QED) is 0.783. The minimum Gasteiger partial charge on any atom is -0.477 e. The molecule has 2 aromatic rings. The fourth-order valence-electron chi connectivity index (χ4n) is 2.02. The Hall–Kier alpha value is -1.95. The minimum atomic E-state index is -1.22. The van der Waals surface area contributed by atoms with Gasteiger partial charge in [-0.1, -0.05) is 0 Å². The van der Waals surface area contributed by atoms with Gasteiger partial charge in [-0.3, -0.25) is 0 Å². The van der Waals surface area contributed by atoms with E-state index in [1.54, 1.807) is 0 Å². The fraction of sp³-hybridized carbons (Fsp3) is 0.250. The first-order chi connectivity index (χ1) is 8.47. The van der Waals surface area contributed by atoms with Crippen molar-refractivity contribution in [3.8, 4) is 0 Å². The molecule has 0 amide bonds. The van der Waals surface area contributed by atoms with Crippen LogP contribution < -0.4 is 5.73 Å². The molecule has 0 radical (unpaired) electrons. The van der Waals surface area contributed by atoms with E-state index in [0.29, 0.717) is 0 Å². The Morgan fingerprint density at radius 3 is 2.72 bits per heavy atom. The van der Waals surface area contributed by atoms with Crippen molar-refractivity contribution in [2.75, 3.05) is 6.54 Å². The van der Waals surface area contributed by atoms with Crippen molar-refractivity contribution in [1.82, 2.24) is 4.98 Å². The van der Waals surface area contributed by atoms with Gasteiger partial charge in [0.1, 0.15) is 17.3 Å². The predicted octanol–water partition coefficient (Wildman–Crippen LogP) is 1.95. The maximum Gasteiger partial charge on any atom is 0.352 e. The number of aromatic amines is 1. The summed E-state index contributed by atoms with van der Waals surface area (Å²) in [4.78, 5) is 13.6. The summed E-state index contributed by atoms with van der Waals surface area (Å²) in [5, 5.41) is 9.14. The summed E-state index contributed by atoms with van der Waals surface area (Å²) in [5.74, 6) is -2.67. The van der Waals surface area contributed by atoms with E-state index in [9.17, 15) is 13.6 Å². The SMILES string of the molecule is Cc1c(F)cc2[nH]c(C(=O)O)c(CCN)c2c1F. The Balaban J connectivity index is 2.86. The summed E-state index contributed by atoms with van der Waals surface area (Å²) < 4.78 is 27.4. The van der Waals surface area contributed by atoms with Crippen LogP contribution in [0.25, 0.3) is 10.9 Å². The Morgan fingerprint density at radius 2 is 2.17 bits per heavy atom. The summed E-state index contributed by atoms with van der Waals surface area (Å²) >= 11 is 0. The topological polar surface area (TPSA) is 79.1 Å². The van der Waals surface area contributed by atoms with Crippen LogP contribution in [0.3, 0.4) is 0 Å². The molecule has 4 N–H and O–H groups in total. The maximum absolute atomic E-state index is 14.0. The molecule has 4 nitrogen and oxygen atoms in total. The Labute approximate surface area is 101 Å². The molecule has 18 heavy (non-hydrogen) atoms. The standard InChI is InChI=1S/C12H12F2N2O2/c1-5-7(13)4-8-9(10(5)14)6(2-3-15)11(16-8)12(17)18/h4,16H,2-3,15H2,1H3,(H,17,18). The maximum atomic E-state index is 14.0. The van der Waals surface area contributed by atoms with E-state index in [1.807, 2.05) is 0 Å². The first-order valence-corrected chi connectivity index (χ1v) is 5.39. The smallest absolute Gasteiger partial charge is 0.352 e. The third-order valence-corrected chi connectivity index (χ3v) is 2.92. The van der Waals surface area contributed by atoms with Gasteiger partial charge in [0.25, 0.3) is 0 Å². The molecule has 0 aliphatic rings. The van der Waals surface area contributed by atoms with Crippen LogP contribution in [-0.4, -0.2) is 22.6 Å². The van der Waals surface area contributed by atoms with E-state index in [-0.39, 0.29) is 40.7 Å². The number of carbonyl (C=O) groups is 1. The van der Waals surface area contributed by atoms with Gasteiger partial charge in [-0.2, -0.15) is 0 Å². The number of aromatic carboxylic acids is 1. The Bertz CT molecular complexity index is 635. The highest BCUT2D eigenvalue weighted by Crippen LogP contribution is 2.29. The zero-order valence-electron chi connectivity index (χ0n) is 9.68. The van der Waals surface area contributed by atoms with Gasteiger partial charge >= 0.3 is 5.97 Å².